The van der Waals surface area contributed by atoms with Crippen molar-refractivity contribution in [3.63, 3.8) is 0 Å². The van der Waals surface area contributed by atoms with Crippen LogP contribution in [0.5, 0.6) is 0 Å². The van der Waals surface area contributed by atoms with Crippen molar-refractivity contribution in [2.24, 2.45) is 0 Å². The summed E-state index contributed by atoms with van der Waals surface area (Å²) in [5.41, 5.74) is 4.37. The number of nitrogens with zero attached hydrogens (tertiary/aromatic N) is 1. The highest BCUT2D eigenvalue weighted by Gasteiger charge is 2.28. The summed E-state index contributed by atoms with van der Waals surface area (Å²) in [6.45, 7) is 5.94. The first-order valence-corrected chi connectivity index (χ1v) is 11.6. The molecule has 1 N–H and O–H groups in total. The minimum atomic E-state index is -3.87. The maximum Gasteiger partial charge on any atom is 0.267 e. The van der Waals surface area contributed by atoms with Gasteiger partial charge >= 0.3 is 0 Å². The highest BCUT2D eigenvalue weighted by atomic mass is 32.2. The van der Waals surface area contributed by atoms with Crippen LogP contribution in [0.2, 0.25) is 0 Å². The molecule has 3 rings (SSSR count). The quantitative estimate of drug-likeness (QED) is 0.600. The first-order chi connectivity index (χ1) is 13.7. The molecular formula is C22H24N2O3S2. The largest absolute Gasteiger partial charge is 0.321 e. The summed E-state index contributed by atoms with van der Waals surface area (Å²) in [7, 11) is -2.37. The lowest BCUT2D eigenvalue weighted by atomic mass is 10.1. The van der Waals surface area contributed by atoms with Gasteiger partial charge in [-0.25, -0.2) is 8.42 Å². The molecular weight excluding hydrogens is 404 g/mol. The molecule has 1 amide bonds. The van der Waals surface area contributed by atoms with E-state index in [1.165, 1.54) is 17.4 Å². The van der Waals surface area contributed by atoms with Crippen LogP contribution in [0.25, 0.3) is 0 Å². The van der Waals surface area contributed by atoms with E-state index >= 15 is 0 Å². The molecule has 7 heteroatoms. The van der Waals surface area contributed by atoms with E-state index in [2.05, 4.69) is 5.32 Å². The third-order valence-corrected chi connectivity index (χ3v) is 7.53. The first kappa shape index (κ1) is 21.1. The number of nitrogens with one attached hydrogen (secondary N) is 1. The molecule has 2 aromatic carbocycles. The van der Waals surface area contributed by atoms with Crippen molar-refractivity contribution in [1.82, 2.24) is 0 Å². The lowest BCUT2D eigenvalue weighted by Gasteiger charge is -2.20. The van der Waals surface area contributed by atoms with Crippen molar-refractivity contribution in [3.8, 4) is 0 Å². The summed E-state index contributed by atoms with van der Waals surface area (Å²) < 4.78 is 27.6. The molecule has 29 heavy (non-hydrogen) atoms. The van der Waals surface area contributed by atoms with Crippen LogP contribution >= 0.6 is 11.3 Å². The second-order valence-electron chi connectivity index (χ2n) is 6.94. The molecule has 3 aromatic rings. The molecule has 1 heterocycles. The molecule has 0 radical (unpaired) electrons. The molecule has 0 fully saturated rings. The van der Waals surface area contributed by atoms with Gasteiger partial charge in [-0.3, -0.25) is 9.10 Å². The Hall–Kier alpha value is -2.64. The van der Waals surface area contributed by atoms with Crippen LogP contribution in [-0.2, 0) is 16.4 Å². The molecule has 0 bridgehead atoms. The number of sulfonamides is 1. The lowest BCUT2D eigenvalue weighted by molar-refractivity contribution is 0.102. The second kappa shape index (κ2) is 8.39. The number of amides is 1. The molecule has 0 saturated carbocycles. The van der Waals surface area contributed by atoms with Gasteiger partial charge in [0.05, 0.1) is 5.69 Å². The Balaban J connectivity index is 1.89. The summed E-state index contributed by atoms with van der Waals surface area (Å²) >= 11 is 1.11. The Morgan fingerprint density at radius 3 is 2.24 bits per heavy atom. The van der Waals surface area contributed by atoms with E-state index in [1.54, 1.807) is 17.5 Å². The fourth-order valence-electron chi connectivity index (χ4n) is 3.13. The zero-order valence-electron chi connectivity index (χ0n) is 16.9. The molecule has 152 valence electrons. The van der Waals surface area contributed by atoms with Gasteiger partial charge in [0, 0.05) is 12.7 Å². The standard InChI is InChI=1S/C22H24N2O3S2/c1-5-17-6-8-19(9-7-17)24(4)29(26,27)20-10-11-28-21(20)22(25)23-18-13-15(2)12-16(3)14-18/h6-14H,5H2,1-4H3,(H,23,25). The maximum atomic E-state index is 13.2. The van der Waals surface area contributed by atoms with Gasteiger partial charge in [0.2, 0.25) is 0 Å². The third kappa shape index (κ3) is 4.52. The minimum Gasteiger partial charge on any atom is -0.321 e. The van der Waals surface area contributed by atoms with Crippen LogP contribution in [0, 0.1) is 13.8 Å². The Bertz CT molecular complexity index is 1110. The SMILES string of the molecule is CCc1ccc(N(C)S(=O)(=O)c2ccsc2C(=O)Nc2cc(C)cc(C)c2)cc1. The maximum absolute atomic E-state index is 13.2. The summed E-state index contributed by atoms with van der Waals surface area (Å²) in [5.74, 6) is -0.432. The number of rotatable bonds is 6. The number of aryl methyl sites for hydroxylation is 3. The predicted octanol–water partition coefficient (Wildman–Crippen LogP) is 5.00. The predicted molar refractivity (Wildman–Crippen MR) is 120 cm³/mol. The van der Waals surface area contributed by atoms with Crippen LogP contribution < -0.4 is 9.62 Å². The number of benzene rings is 2. The Morgan fingerprint density at radius 1 is 1.03 bits per heavy atom. The summed E-state index contributed by atoms with van der Waals surface area (Å²) in [6, 6.07) is 14.6. The smallest absolute Gasteiger partial charge is 0.267 e. The highest BCUT2D eigenvalue weighted by Crippen LogP contribution is 2.29. The van der Waals surface area contributed by atoms with Crippen LogP contribution in [0.3, 0.4) is 0 Å². The number of carbonyl (C=O) groups is 1. The molecule has 0 saturated heterocycles. The van der Waals surface area contributed by atoms with E-state index in [4.69, 9.17) is 0 Å². The third-order valence-electron chi connectivity index (χ3n) is 4.66. The van der Waals surface area contributed by atoms with Crippen molar-refractivity contribution < 1.29 is 13.2 Å². The zero-order valence-corrected chi connectivity index (χ0v) is 18.5. The van der Waals surface area contributed by atoms with Crippen LogP contribution in [-0.4, -0.2) is 21.4 Å². The van der Waals surface area contributed by atoms with E-state index < -0.39 is 15.9 Å². The van der Waals surface area contributed by atoms with Gasteiger partial charge < -0.3 is 5.32 Å². The molecule has 5 nitrogen and oxygen atoms in total. The molecule has 0 aliphatic heterocycles. The monoisotopic (exact) mass is 428 g/mol. The van der Waals surface area contributed by atoms with Crippen molar-refractivity contribution >= 4 is 38.6 Å². The van der Waals surface area contributed by atoms with Crippen LogP contribution in [0.4, 0.5) is 11.4 Å². The summed E-state index contributed by atoms with van der Waals surface area (Å²) in [6.07, 6.45) is 0.879. The normalized spacial score (nSPS) is 11.3. The van der Waals surface area contributed by atoms with Gasteiger partial charge in [-0.15, -0.1) is 11.3 Å². The van der Waals surface area contributed by atoms with E-state index in [0.29, 0.717) is 11.4 Å². The number of thiophene rings is 1. The molecule has 0 spiro atoms. The Kier molecular flexibility index (Phi) is 6.10. The van der Waals surface area contributed by atoms with E-state index in [1.807, 2.05) is 51.1 Å². The zero-order chi connectivity index (χ0) is 21.2. The van der Waals surface area contributed by atoms with Crippen molar-refractivity contribution in [3.05, 3.63) is 75.5 Å². The van der Waals surface area contributed by atoms with Crippen LogP contribution in [0.1, 0.15) is 33.3 Å². The average molecular weight is 429 g/mol. The lowest BCUT2D eigenvalue weighted by Crippen LogP contribution is -2.28. The molecule has 0 aliphatic carbocycles. The van der Waals surface area contributed by atoms with Crippen molar-refractivity contribution in [2.75, 3.05) is 16.7 Å². The van der Waals surface area contributed by atoms with Gasteiger partial charge in [-0.05, 0) is 72.7 Å². The number of carbonyl (C=O) groups excluding carboxylic acids is 1. The second-order valence-corrected chi connectivity index (χ2v) is 9.79. The highest BCUT2D eigenvalue weighted by molar-refractivity contribution is 7.93. The van der Waals surface area contributed by atoms with Gasteiger partial charge in [-0.2, -0.15) is 0 Å². The van der Waals surface area contributed by atoms with Gasteiger partial charge in [-0.1, -0.05) is 25.1 Å². The molecule has 0 atom stereocenters. The Morgan fingerprint density at radius 2 is 1.66 bits per heavy atom. The Labute approximate surface area is 176 Å². The molecule has 0 aliphatic rings. The van der Waals surface area contributed by atoms with Crippen molar-refractivity contribution in [2.45, 2.75) is 32.1 Å². The fraction of sp³-hybridized carbons (Fsp3) is 0.227. The van der Waals surface area contributed by atoms with Crippen LogP contribution in [0.15, 0.2) is 58.8 Å². The summed E-state index contributed by atoms with van der Waals surface area (Å²) in [4.78, 5) is 13.0. The first-order valence-electron chi connectivity index (χ1n) is 9.27. The van der Waals surface area contributed by atoms with Gasteiger partial charge in [0.25, 0.3) is 15.9 Å². The van der Waals surface area contributed by atoms with E-state index in [9.17, 15) is 13.2 Å². The average Bonchev–Trinajstić information content (AvgIpc) is 3.17. The fourth-order valence-corrected chi connectivity index (χ4v) is 5.62. The van der Waals surface area contributed by atoms with Gasteiger partial charge in [0.1, 0.15) is 9.77 Å². The van der Waals surface area contributed by atoms with E-state index in [-0.39, 0.29) is 9.77 Å². The molecule has 0 unspecified atom stereocenters. The summed E-state index contributed by atoms with van der Waals surface area (Å²) in [5, 5.41) is 4.44. The molecule has 1 aromatic heterocycles. The topological polar surface area (TPSA) is 66.5 Å². The number of hydrogen-bond acceptors (Lipinski definition) is 4. The van der Waals surface area contributed by atoms with Crippen molar-refractivity contribution in [1.29, 1.82) is 0 Å². The number of anilines is 2. The minimum absolute atomic E-state index is 0.00597. The van der Waals surface area contributed by atoms with Gasteiger partial charge in [0.15, 0.2) is 0 Å². The van der Waals surface area contributed by atoms with E-state index in [0.717, 1.165) is 34.4 Å². The number of hydrogen-bond donors (Lipinski definition) is 1.